The first kappa shape index (κ1) is 14.7. The van der Waals surface area contributed by atoms with Crippen LogP contribution < -0.4 is 5.32 Å². The molecule has 5 heteroatoms. The Bertz CT molecular complexity index is 424. The number of piperazine rings is 1. The van der Waals surface area contributed by atoms with E-state index in [1.165, 1.54) is 0 Å². The van der Waals surface area contributed by atoms with Gasteiger partial charge in [-0.2, -0.15) is 0 Å². The summed E-state index contributed by atoms with van der Waals surface area (Å²) in [5.41, 5.74) is 0. The van der Waals surface area contributed by atoms with Gasteiger partial charge in [-0.1, -0.05) is 11.6 Å². The maximum atomic E-state index is 12.1. The van der Waals surface area contributed by atoms with Gasteiger partial charge in [-0.25, -0.2) is 0 Å². The molecule has 1 fully saturated rings. The number of hydrogen-bond donors (Lipinski definition) is 1. The lowest BCUT2D eigenvalue weighted by Gasteiger charge is -2.34. The number of thioether (sulfide) groups is 1. The normalized spacial score (nSPS) is 19.5. The molecule has 1 aromatic carbocycles. The number of carbonyl (C=O) groups excluding carboxylic acids is 1. The van der Waals surface area contributed by atoms with E-state index < -0.39 is 0 Å². The zero-order chi connectivity index (χ0) is 13.7. The predicted octanol–water partition coefficient (Wildman–Crippen LogP) is 2.64. The van der Waals surface area contributed by atoms with Gasteiger partial charge in [0.1, 0.15) is 0 Å². The molecule has 0 aliphatic carbocycles. The molecule has 1 amide bonds. The molecule has 0 radical (unpaired) electrons. The van der Waals surface area contributed by atoms with E-state index in [4.69, 9.17) is 11.6 Å². The summed E-state index contributed by atoms with van der Waals surface area (Å²) in [5, 5.41) is 4.04. The summed E-state index contributed by atoms with van der Waals surface area (Å²) in [4.78, 5) is 15.3. The highest BCUT2D eigenvalue weighted by atomic mass is 35.5. The van der Waals surface area contributed by atoms with Gasteiger partial charge in [-0.05, 0) is 31.2 Å². The van der Waals surface area contributed by atoms with Crippen molar-refractivity contribution in [2.75, 3.05) is 25.4 Å². The standard InChI is InChI=1S/C14H19ClN2OS/c1-11-10-16-7-8-17(11)14(18)6-9-19-13-4-2-12(15)3-5-13/h2-5,11,16H,6-10H2,1H3. The van der Waals surface area contributed by atoms with Crippen LogP contribution in [0.5, 0.6) is 0 Å². The number of nitrogens with one attached hydrogen (secondary N) is 1. The molecule has 1 N–H and O–H groups in total. The number of benzene rings is 1. The largest absolute Gasteiger partial charge is 0.337 e. The summed E-state index contributed by atoms with van der Waals surface area (Å²) in [6.45, 7) is 4.72. The lowest BCUT2D eigenvalue weighted by molar-refractivity contribution is -0.133. The SMILES string of the molecule is CC1CNCCN1C(=O)CCSc1ccc(Cl)cc1. The number of halogens is 1. The Kier molecular flexibility index (Phi) is 5.55. The number of nitrogens with zero attached hydrogens (tertiary/aromatic N) is 1. The molecule has 1 unspecified atom stereocenters. The second-order valence-corrected chi connectivity index (χ2v) is 6.30. The van der Waals surface area contributed by atoms with Gasteiger partial charge in [0.15, 0.2) is 0 Å². The summed E-state index contributed by atoms with van der Waals surface area (Å²) in [5.74, 6) is 1.08. The zero-order valence-corrected chi connectivity index (χ0v) is 12.6. The van der Waals surface area contributed by atoms with Crippen molar-refractivity contribution in [1.82, 2.24) is 10.2 Å². The van der Waals surface area contributed by atoms with Crippen LogP contribution in [0.2, 0.25) is 5.02 Å². The number of hydrogen-bond acceptors (Lipinski definition) is 3. The summed E-state index contributed by atoms with van der Waals surface area (Å²) in [6.07, 6.45) is 0.595. The quantitative estimate of drug-likeness (QED) is 0.867. The highest BCUT2D eigenvalue weighted by Gasteiger charge is 2.22. The van der Waals surface area contributed by atoms with Crippen LogP contribution in [0.3, 0.4) is 0 Å². The van der Waals surface area contributed by atoms with E-state index in [0.717, 1.165) is 35.3 Å². The molecular formula is C14H19ClN2OS. The van der Waals surface area contributed by atoms with Crippen molar-refractivity contribution in [2.24, 2.45) is 0 Å². The van der Waals surface area contributed by atoms with Gasteiger partial charge in [-0.3, -0.25) is 4.79 Å². The Morgan fingerprint density at radius 3 is 2.89 bits per heavy atom. The van der Waals surface area contributed by atoms with Gasteiger partial charge in [0, 0.05) is 47.8 Å². The van der Waals surface area contributed by atoms with Gasteiger partial charge >= 0.3 is 0 Å². The molecule has 104 valence electrons. The number of rotatable bonds is 4. The van der Waals surface area contributed by atoms with Crippen LogP contribution in [-0.2, 0) is 4.79 Å². The first-order valence-electron chi connectivity index (χ1n) is 6.55. The predicted molar refractivity (Wildman–Crippen MR) is 80.8 cm³/mol. The lowest BCUT2D eigenvalue weighted by Crippen LogP contribution is -2.52. The molecule has 1 atom stereocenters. The molecule has 1 aromatic rings. The van der Waals surface area contributed by atoms with Gasteiger partial charge < -0.3 is 10.2 Å². The Labute approximate surface area is 123 Å². The van der Waals surface area contributed by atoms with Crippen molar-refractivity contribution in [3.8, 4) is 0 Å². The molecule has 1 aliphatic heterocycles. The Morgan fingerprint density at radius 1 is 1.47 bits per heavy atom. The van der Waals surface area contributed by atoms with Crippen LogP contribution in [0.15, 0.2) is 29.2 Å². The number of amides is 1. The third-order valence-electron chi connectivity index (χ3n) is 3.22. The average Bonchev–Trinajstić information content (AvgIpc) is 2.41. The van der Waals surface area contributed by atoms with E-state index >= 15 is 0 Å². The number of carbonyl (C=O) groups is 1. The van der Waals surface area contributed by atoms with Crippen LogP contribution in [0.4, 0.5) is 0 Å². The molecular weight excluding hydrogens is 280 g/mol. The van der Waals surface area contributed by atoms with Crippen LogP contribution in [0.1, 0.15) is 13.3 Å². The highest BCUT2D eigenvalue weighted by molar-refractivity contribution is 7.99. The van der Waals surface area contributed by atoms with E-state index in [1.807, 2.05) is 29.2 Å². The van der Waals surface area contributed by atoms with Gasteiger partial charge in [0.05, 0.1) is 0 Å². The van der Waals surface area contributed by atoms with Gasteiger partial charge in [-0.15, -0.1) is 11.8 Å². The monoisotopic (exact) mass is 298 g/mol. The van der Waals surface area contributed by atoms with E-state index in [2.05, 4.69) is 12.2 Å². The molecule has 19 heavy (non-hydrogen) atoms. The van der Waals surface area contributed by atoms with Crippen molar-refractivity contribution in [3.05, 3.63) is 29.3 Å². The maximum absolute atomic E-state index is 12.1. The molecule has 0 spiro atoms. The second-order valence-electron chi connectivity index (χ2n) is 4.69. The van der Waals surface area contributed by atoms with E-state index in [-0.39, 0.29) is 5.91 Å². The van der Waals surface area contributed by atoms with Crippen molar-refractivity contribution in [2.45, 2.75) is 24.3 Å². The maximum Gasteiger partial charge on any atom is 0.223 e. The van der Waals surface area contributed by atoms with Crippen LogP contribution >= 0.6 is 23.4 Å². The highest BCUT2D eigenvalue weighted by Crippen LogP contribution is 2.21. The Balaban J connectivity index is 1.75. The lowest BCUT2D eigenvalue weighted by atomic mass is 10.2. The third-order valence-corrected chi connectivity index (χ3v) is 4.49. The molecule has 0 aromatic heterocycles. The molecule has 2 rings (SSSR count). The van der Waals surface area contributed by atoms with E-state index in [0.29, 0.717) is 12.5 Å². The van der Waals surface area contributed by atoms with Crippen LogP contribution in [-0.4, -0.2) is 42.2 Å². The fourth-order valence-electron chi connectivity index (χ4n) is 2.14. The van der Waals surface area contributed by atoms with Crippen molar-refractivity contribution < 1.29 is 4.79 Å². The van der Waals surface area contributed by atoms with E-state index in [9.17, 15) is 4.79 Å². The first-order chi connectivity index (χ1) is 9.16. The van der Waals surface area contributed by atoms with Crippen LogP contribution in [0.25, 0.3) is 0 Å². The van der Waals surface area contributed by atoms with Crippen LogP contribution in [0, 0.1) is 0 Å². The minimum absolute atomic E-state index is 0.260. The Morgan fingerprint density at radius 2 is 2.21 bits per heavy atom. The zero-order valence-electron chi connectivity index (χ0n) is 11.1. The molecule has 1 heterocycles. The topological polar surface area (TPSA) is 32.3 Å². The van der Waals surface area contributed by atoms with E-state index in [1.54, 1.807) is 11.8 Å². The molecule has 0 saturated carbocycles. The molecule has 0 bridgehead atoms. The van der Waals surface area contributed by atoms with Gasteiger partial charge in [0.2, 0.25) is 5.91 Å². The molecule has 1 aliphatic rings. The first-order valence-corrected chi connectivity index (χ1v) is 7.92. The molecule has 3 nitrogen and oxygen atoms in total. The van der Waals surface area contributed by atoms with Crippen molar-refractivity contribution in [3.63, 3.8) is 0 Å². The fraction of sp³-hybridized carbons (Fsp3) is 0.500. The van der Waals surface area contributed by atoms with Gasteiger partial charge in [0.25, 0.3) is 0 Å². The van der Waals surface area contributed by atoms with Crippen molar-refractivity contribution >= 4 is 29.3 Å². The summed E-state index contributed by atoms with van der Waals surface area (Å²) < 4.78 is 0. The molecule has 1 saturated heterocycles. The fourth-order valence-corrected chi connectivity index (χ4v) is 3.11. The summed E-state index contributed by atoms with van der Waals surface area (Å²) in [6, 6.07) is 8.05. The summed E-state index contributed by atoms with van der Waals surface area (Å²) >= 11 is 7.54. The minimum atomic E-state index is 0.260. The van der Waals surface area contributed by atoms with Crippen molar-refractivity contribution in [1.29, 1.82) is 0 Å². The average molecular weight is 299 g/mol. The minimum Gasteiger partial charge on any atom is -0.337 e. The second kappa shape index (κ2) is 7.17. The summed E-state index contributed by atoms with van der Waals surface area (Å²) in [7, 11) is 0. The third kappa shape index (κ3) is 4.41. The smallest absolute Gasteiger partial charge is 0.223 e. The Hall–Kier alpha value is -0.710.